The molecule has 4 aromatic rings. The average Bonchev–Trinajstić information content (AvgIpc) is 3.66. The fourth-order valence-electron chi connectivity index (χ4n) is 5.65. The zero-order chi connectivity index (χ0) is 29.2. The summed E-state index contributed by atoms with van der Waals surface area (Å²) in [5.41, 5.74) is 5.59. The minimum absolute atomic E-state index is 0.113. The van der Waals surface area contributed by atoms with Gasteiger partial charge in [0.1, 0.15) is 11.4 Å². The lowest BCUT2D eigenvalue weighted by atomic mass is 9.97. The Bertz CT molecular complexity index is 1600. The van der Waals surface area contributed by atoms with E-state index in [2.05, 4.69) is 21.0 Å². The molecule has 1 atom stereocenters. The summed E-state index contributed by atoms with van der Waals surface area (Å²) in [4.78, 5) is 40.1. The number of nitrogens with zero attached hydrogens (tertiary/aromatic N) is 6. The summed E-state index contributed by atoms with van der Waals surface area (Å²) in [6.07, 6.45) is 6.89. The first-order chi connectivity index (χ1) is 20.4. The number of carbonyl (C=O) groups is 2. The fraction of sp³-hybridized carbons (Fsp3) is 0.433. The van der Waals surface area contributed by atoms with Crippen molar-refractivity contribution in [2.75, 3.05) is 39.5 Å². The van der Waals surface area contributed by atoms with E-state index in [0.717, 1.165) is 52.4 Å². The highest BCUT2D eigenvalue weighted by molar-refractivity contribution is 5.97. The van der Waals surface area contributed by atoms with Gasteiger partial charge in [-0.25, -0.2) is 14.5 Å². The van der Waals surface area contributed by atoms with E-state index in [4.69, 9.17) is 14.6 Å². The largest absolute Gasteiger partial charge is 0.465 e. The smallest absolute Gasteiger partial charge is 0.407 e. The van der Waals surface area contributed by atoms with E-state index >= 15 is 0 Å². The second kappa shape index (κ2) is 11.9. The zero-order valence-electron chi connectivity index (χ0n) is 23.9. The van der Waals surface area contributed by atoms with Gasteiger partial charge < -0.3 is 29.4 Å². The second-order valence-corrected chi connectivity index (χ2v) is 10.7. The van der Waals surface area contributed by atoms with Gasteiger partial charge in [-0.05, 0) is 61.9 Å². The SMILES string of the molecule is CCN(Cc1cncc(-c2ccc3c(c2)c(-c2ncc(C(=O)N4CCOCC4)[nH]2)nn3C2CCCCO2)c1C)C(=O)O. The molecule has 0 saturated carbocycles. The number of rotatable bonds is 7. The van der Waals surface area contributed by atoms with Gasteiger partial charge >= 0.3 is 6.09 Å². The van der Waals surface area contributed by atoms with Crippen LogP contribution in [0, 0.1) is 6.92 Å². The Labute approximate surface area is 243 Å². The number of pyridine rings is 1. The number of nitrogens with one attached hydrogen (secondary N) is 1. The number of hydrogen-bond donors (Lipinski definition) is 2. The number of amides is 2. The van der Waals surface area contributed by atoms with E-state index < -0.39 is 6.09 Å². The maximum absolute atomic E-state index is 13.1. The molecule has 2 N–H and O–H groups in total. The monoisotopic (exact) mass is 573 g/mol. The maximum atomic E-state index is 13.1. The molecule has 6 rings (SSSR count). The first kappa shape index (κ1) is 27.9. The van der Waals surface area contributed by atoms with Crippen LogP contribution in [-0.4, -0.2) is 91.1 Å². The number of carbonyl (C=O) groups excluding carboxylic acids is 1. The van der Waals surface area contributed by atoms with E-state index in [1.165, 1.54) is 4.90 Å². The third-order valence-electron chi connectivity index (χ3n) is 8.11. The van der Waals surface area contributed by atoms with Crippen molar-refractivity contribution in [3.63, 3.8) is 0 Å². The molecule has 0 spiro atoms. The van der Waals surface area contributed by atoms with Crippen molar-refractivity contribution in [2.24, 2.45) is 0 Å². The summed E-state index contributed by atoms with van der Waals surface area (Å²) in [6.45, 7) is 7.26. The summed E-state index contributed by atoms with van der Waals surface area (Å²) in [7, 11) is 0. The summed E-state index contributed by atoms with van der Waals surface area (Å²) in [5, 5.41) is 15.4. The van der Waals surface area contributed by atoms with Crippen molar-refractivity contribution in [3.8, 4) is 22.6 Å². The van der Waals surface area contributed by atoms with E-state index in [1.807, 2.05) is 30.7 Å². The highest BCUT2D eigenvalue weighted by Gasteiger charge is 2.26. The number of H-pyrrole nitrogens is 1. The predicted molar refractivity (Wildman–Crippen MR) is 155 cm³/mol. The Hall–Kier alpha value is -4.29. The van der Waals surface area contributed by atoms with Gasteiger partial charge in [-0.1, -0.05) is 6.07 Å². The molecule has 3 aromatic heterocycles. The first-order valence-corrected chi connectivity index (χ1v) is 14.4. The van der Waals surface area contributed by atoms with E-state index in [0.29, 0.717) is 56.7 Å². The lowest BCUT2D eigenvalue weighted by molar-refractivity contribution is -0.0365. The topological polar surface area (TPSA) is 139 Å². The molecule has 1 aromatic carbocycles. The van der Waals surface area contributed by atoms with Gasteiger partial charge in [0, 0.05) is 49.6 Å². The number of ether oxygens (including phenoxy) is 2. The fourth-order valence-corrected chi connectivity index (χ4v) is 5.65. The van der Waals surface area contributed by atoms with Crippen LogP contribution in [0.4, 0.5) is 4.79 Å². The van der Waals surface area contributed by atoms with Crippen LogP contribution in [0.2, 0.25) is 0 Å². The highest BCUT2D eigenvalue weighted by atomic mass is 16.5. The van der Waals surface area contributed by atoms with Gasteiger partial charge in [0.25, 0.3) is 5.91 Å². The molecule has 1 unspecified atom stereocenters. The van der Waals surface area contributed by atoms with Gasteiger partial charge in [0.2, 0.25) is 0 Å². The molecule has 0 radical (unpaired) electrons. The van der Waals surface area contributed by atoms with E-state index in [-0.39, 0.29) is 18.7 Å². The van der Waals surface area contributed by atoms with Crippen LogP contribution >= 0.6 is 0 Å². The van der Waals surface area contributed by atoms with Crippen molar-refractivity contribution < 1.29 is 24.2 Å². The second-order valence-electron chi connectivity index (χ2n) is 10.7. The highest BCUT2D eigenvalue weighted by Crippen LogP contribution is 2.35. The number of aromatic nitrogens is 5. The van der Waals surface area contributed by atoms with Crippen LogP contribution in [-0.2, 0) is 16.0 Å². The van der Waals surface area contributed by atoms with Crippen molar-refractivity contribution in [1.82, 2.24) is 34.5 Å². The third kappa shape index (κ3) is 5.35. The van der Waals surface area contributed by atoms with Gasteiger partial charge in [0.05, 0.1) is 31.5 Å². The predicted octanol–water partition coefficient (Wildman–Crippen LogP) is 4.47. The van der Waals surface area contributed by atoms with Crippen molar-refractivity contribution in [1.29, 1.82) is 0 Å². The number of imidazole rings is 1. The molecule has 2 aliphatic heterocycles. The van der Waals surface area contributed by atoms with Crippen LogP contribution < -0.4 is 0 Å². The molecule has 2 saturated heterocycles. The molecule has 220 valence electrons. The Morgan fingerprint density at radius 1 is 1.14 bits per heavy atom. The number of carboxylic acid groups (broad SMARTS) is 1. The molecule has 5 heterocycles. The molecule has 12 heteroatoms. The molecule has 42 heavy (non-hydrogen) atoms. The van der Waals surface area contributed by atoms with Crippen molar-refractivity contribution >= 4 is 22.9 Å². The summed E-state index contributed by atoms with van der Waals surface area (Å²) in [5.74, 6) is 0.394. The molecular weight excluding hydrogens is 538 g/mol. The van der Waals surface area contributed by atoms with Crippen LogP contribution in [0.5, 0.6) is 0 Å². The number of aromatic amines is 1. The Kier molecular flexibility index (Phi) is 7.90. The number of benzene rings is 1. The Balaban J connectivity index is 1.41. The molecule has 2 amide bonds. The number of morpholine rings is 1. The minimum Gasteiger partial charge on any atom is -0.465 e. The maximum Gasteiger partial charge on any atom is 0.407 e. The van der Waals surface area contributed by atoms with Crippen LogP contribution in [0.15, 0.2) is 36.8 Å². The lowest BCUT2D eigenvalue weighted by Crippen LogP contribution is -2.40. The van der Waals surface area contributed by atoms with Crippen LogP contribution in [0.1, 0.15) is 54.0 Å². The van der Waals surface area contributed by atoms with Gasteiger partial charge in [-0.15, -0.1) is 0 Å². The number of fused-ring (bicyclic) bond motifs is 1. The molecule has 12 nitrogen and oxygen atoms in total. The summed E-state index contributed by atoms with van der Waals surface area (Å²) >= 11 is 0. The van der Waals surface area contributed by atoms with Crippen LogP contribution in [0.3, 0.4) is 0 Å². The van der Waals surface area contributed by atoms with Gasteiger partial charge in [-0.2, -0.15) is 5.10 Å². The number of hydrogen-bond acceptors (Lipinski definition) is 7. The van der Waals surface area contributed by atoms with Crippen molar-refractivity contribution in [2.45, 2.75) is 45.9 Å². The van der Waals surface area contributed by atoms with Gasteiger partial charge in [-0.3, -0.25) is 9.78 Å². The molecular formula is C30H35N7O5. The Morgan fingerprint density at radius 3 is 2.71 bits per heavy atom. The summed E-state index contributed by atoms with van der Waals surface area (Å²) in [6, 6.07) is 6.13. The quantitative estimate of drug-likeness (QED) is 0.330. The lowest BCUT2D eigenvalue weighted by Gasteiger charge is -2.26. The van der Waals surface area contributed by atoms with Gasteiger partial charge in [0.15, 0.2) is 12.1 Å². The Morgan fingerprint density at radius 2 is 1.98 bits per heavy atom. The minimum atomic E-state index is -0.962. The molecule has 0 bridgehead atoms. The van der Waals surface area contributed by atoms with Crippen LogP contribution in [0.25, 0.3) is 33.5 Å². The molecule has 0 aliphatic carbocycles. The third-order valence-corrected chi connectivity index (χ3v) is 8.11. The van der Waals surface area contributed by atoms with Crippen molar-refractivity contribution in [3.05, 3.63) is 53.6 Å². The first-order valence-electron chi connectivity index (χ1n) is 14.4. The molecule has 2 aliphatic rings. The summed E-state index contributed by atoms with van der Waals surface area (Å²) < 4.78 is 13.4. The van der Waals surface area contributed by atoms with E-state index in [1.54, 1.807) is 23.5 Å². The normalized spacial score (nSPS) is 17.5. The standard InChI is InChI=1S/C30H35N7O5/c1-3-35(30(39)40)18-21-15-31-16-23(19(21)2)20-7-8-25-22(14-20)27(34-37(25)26-6-4-5-11-42-26)28-32-17-24(33-28)29(38)36-9-12-41-13-10-36/h7-8,14-17,26H,3-6,9-13,18H2,1-2H3,(H,32,33)(H,39,40). The van der Waals surface area contributed by atoms with E-state index in [9.17, 15) is 14.7 Å². The average molecular weight is 574 g/mol. The molecule has 2 fully saturated rings. The zero-order valence-corrected chi connectivity index (χ0v) is 23.9.